The Morgan fingerprint density at radius 3 is 1.90 bits per heavy atom. The molecule has 2 aromatic carbocycles. The smallest absolute Gasteiger partial charge is 0.329 e. The van der Waals surface area contributed by atoms with Gasteiger partial charge in [-0.25, -0.2) is 4.79 Å². The third-order valence-electron chi connectivity index (χ3n) is 3.90. The van der Waals surface area contributed by atoms with Gasteiger partial charge in [-0.3, -0.25) is 5.32 Å². The van der Waals surface area contributed by atoms with Gasteiger partial charge in [0.05, 0.1) is 0 Å². The second-order valence-electron chi connectivity index (χ2n) is 5.20. The number of rotatable bonds is 4. The third kappa shape index (κ3) is 2.59. The number of benzene rings is 2. The molecule has 1 aliphatic heterocycles. The summed E-state index contributed by atoms with van der Waals surface area (Å²) in [5, 5.41) is 14.6. The maximum atomic E-state index is 12.1. The number of carboxylic acids is 1. The second kappa shape index (κ2) is 5.97. The number of carboxylic acid groups (broad SMARTS) is 1. The Balaban J connectivity index is 2.15. The minimum atomic E-state index is -0.986. The van der Waals surface area contributed by atoms with Crippen molar-refractivity contribution in [2.45, 2.75) is 18.1 Å². The van der Waals surface area contributed by atoms with Gasteiger partial charge in [0.25, 0.3) is 0 Å². The van der Waals surface area contributed by atoms with Crippen LogP contribution in [0.5, 0.6) is 0 Å². The van der Waals surface area contributed by atoms with Gasteiger partial charge in [-0.1, -0.05) is 60.7 Å². The molecule has 1 atom stereocenters. The predicted octanol–water partition coefficient (Wildman–Crippen LogP) is 2.28. The lowest BCUT2D eigenvalue weighted by atomic mass is 10.2. The lowest BCUT2D eigenvalue weighted by molar-refractivity contribution is -0.140. The number of carbonyl (C=O) groups is 1. The van der Waals surface area contributed by atoms with Crippen LogP contribution in [0.3, 0.4) is 0 Å². The highest BCUT2D eigenvalue weighted by Gasteiger charge is 2.49. The van der Waals surface area contributed by atoms with Crippen molar-refractivity contribution in [3.05, 3.63) is 60.7 Å². The Labute approximate surface area is 125 Å². The van der Waals surface area contributed by atoms with E-state index >= 15 is 0 Å². The fraction of sp³-hybridized carbons (Fsp3) is 0.235. The Morgan fingerprint density at radius 2 is 1.52 bits per heavy atom. The normalized spacial score (nSPS) is 21.6. The minimum Gasteiger partial charge on any atom is -0.480 e. The Morgan fingerprint density at radius 1 is 1.00 bits per heavy atom. The highest BCUT2D eigenvalue weighted by Crippen LogP contribution is 2.50. The standard InChI is InChI=1S/C17H18NO2P/c19-16(20)17(12-7-13-18-17)21(14-8-3-1-4-9-14)15-10-5-2-6-11-15/h1-6,8-11,18H,7,12-13H2,(H,19,20)/t17-/m1/s1. The molecule has 21 heavy (non-hydrogen) atoms. The molecule has 1 aliphatic rings. The van der Waals surface area contributed by atoms with Crippen molar-refractivity contribution < 1.29 is 9.90 Å². The molecule has 0 aliphatic carbocycles. The molecule has 3 rings (SSSR count). The van der Waals surface area contributed by atoms with Crippen molar-refractivity contribution in [2.24, 2.45) is 0 Å². The molecule has 2 aromatic rings. The molecule has 0 spiro atoms. The van der Waals surface area contributed by atoms with E-state index in [9.17, 15) is 9.90 Å². The second-order valence-corrected chi connectivity index (χ2v) is 7.67. The van der Waals surface area contributed by atoms with E-state index in [1.54, 1.807) is 0 Å². The number of aliphatic carboxylic acids is 1. The van der Waals surface area contributed by atoms with Gasteiger partial charge in [-0.15, -0.1) is 0 Å². The molecule has 0 radical (unpaired) electrons. The van der Waals surface area contributed by atoms with Gasteiger partial charge in [0.2, 0.25) is 0 Å². The molecule has 1 saturated heterocycles. The highest BCUT2D eigenvalue weighted by molar-refractivity contribution is 7.75. The van der Waals surface area contributed by atoms with Gasteiger partial charge < -0.3 is 5.11 Å². The van der Waals surface area contributed by atoms with Crippen molar-refractivity contribution in [1.29, 1.82) is 0 Å². The molecule has 0 bridgehead atoms. The number of hydrogen-bond acceptors (Lipinski definition) is 2. The average Bonchev–Trinajstić information content (AvgIpc) is 3.00. The third-order valence-corrected chi connectivity index (χ3v) is 6.86. The Kier molecular flexibility index (Phi) is 4.05. The van der Waals surface area contributed by atoms with E-state index in [0.717, 1.165) is 23.6 Å². The SMILES string of the molecule is O=C(O)[C@]1(P(c2ccccc2)c2ccccc2)CCCN1. The predicted molar refractivity (Wildman–Crippen MR) is 86.7 cm³/mol. The minimum absolute atomic E-state index is 0.678. The summed E-state index contributed by atoms with van der Waals surface area (Å²) >= 11 is 0. The molecule has 0 saturated carbocycles. The van der Waals surface area contributed by atoms with E-state index in [2.05, 4.69) is 5.32 Å². The van der Waals surface area contributed by atoms with Crippen LogP contribution in [0.4, 0.5) is 0 Å². The molecule has 0 unspecified atom stereocenters. The monoisotopic (exact) mass is 299 g/mol. The summed E-state index contributed by atoms with van der Waals surface area (Å²) in [4.78, 5) is 12.1. The van der Waals surface area contributed by atoms with Crippen LogP contribution < -0.4 is 15.9 Å². The van der Waals surface area contributed by atoms with E-state index in [-0.39, 0.29) is 0 Å². The van der Waals surface area contributed by atoms with Gasteiger partial charge in [-0.2, -0.15) is 0 Å². The van der Waals surface area contributed by atoms with Crippen molar-refractivity contribution in [3.8, 4) is 0 Å². The number of hydrogen-bond donors (Lipinski definition) is 2. The summed E-state index contributed by atoms with van der Waals surface area (Å²) in [7, 11) is -0.986. The van der Waals surface area contributed by atoms with E-state index in [1.165, 1.54) is 0 Å². The van der Waals surface area contributed by atoms with Crippen LogP contribution in [-0.2, 0) is 4.79 Å². The van der Waals surface area contributed by atoms with Gasteiger partial charge in [-0.05, 0) is 37.9 Å². The summed E-state index contributed by atoms with van der Waals surface area (Å²) in [5.74, 6) is -0.737. The topological polar surface area (TPSA) is 49.3 Å². The quantitative estimate of drug-likeness (QED) is 0.852. The van der Waals surface area contributed by atoms with Crippen LogP contribution in [0, 0.1) is 0 Å². The Hall–Kier alpha value is -1.70. The first-order valence-corrected chi connectivity index (χ1v) is 8.47. The van der Waals surface area contributed by atoms with Crippen LogP contribution in [0.25, 0.3) is 0 Å². The van der Waals surface area contributed by atoms with Crippen LogP contribution in [0.1, 0.15) is 12.8 Å². The zero-order chi connectivity index (χ0) is 14.7. The average molecular weight is 299 g/mol. The van der Waals surface area contributed by atoms with Crippen LogP contribution in [0.15, 0.2) is 60.7 Å². The maximum absolute atomic E-state index is 12.1. The molecular formula is C17H18NO2P. The molecule has 108 valence electrons. The summed E-state index contributed by atoms with van der Waals surface area (Å²) in [6, 6.07) is 20.1. The van der Waals surface area contributed by atoms with Gasteiger partial charge in [0.15, 0.2) is 0 Å². The molecule has 0 amide bonds. The van der Waals surface area contributed by atoms with E-state index in [1.807, 2.05) is 60.7 Å². The summed E-state index contributed by atoms with van der Waals surface area (Å²) in [6.07, 6.45) is 1.59. The first kappa shape index (κ1) is 14.2. The van der Waals surface area contributed by atoms with Crippen LogP contribution in [-0.4, -0.2) is 22.9 Å². The van der Waals surface area contributed by atoms with E-state index in [0.29, 0.717) is 6.42 Å². The number of nitrogens with one attached hydrogen (secondary N) is 1. The first-order valence-electron chi connectivity index (χ1n) is 7.13. The molecule has 0 aromatic heterocycles. The summed E-state index contributed by atoms with van der Waals surface area (Å²) in [5.41, 5.74) is 0. The van der Waals surface area contributed by atoms with Crippen LogP contribution in [0.2, 0.25) is 0 Å². The van der Waals surface area contributed by atoms with Gasteiger partial charge in [0, 0.05) is 0 Å². The van der Waals surface area contributed by atoms with Crippen molar-refractivity contribution in [3.63, 3.8) is 0 Å². The van der Waals surface area contributed by atoms with Crippen molar-refractivity contribution in [2.75, 3.05) is 6.54 Å². The molecule has 3 nitrogen and oxygen atoms in total. The summed E-state index contributed by atoms with van der Waals surface area (Å²) < 4.78 is 0. The van der Waals surface area contributed by atoms with E-state index < -0.39 is 19.2 Å². The largest absolute Gasteiger partial charge is 0.480 e. The van der Waals surface area contributed by atoms with Crippen molar-refractivity contribution >= 4 is 24.5 Å². The van der Waals surface area contributed by atoms with Crippen LogP contribution >= 0.6 is 7.92 Å². The Bertz CT molecular complexity index is 570. The summed E-state index contributed by atoms with van der Waals surface area (Å²) in [6.45, 7) is 0.769. The van der Waals surface area contributed by atoms with Gasteiger partial charge >= 0.3 is 5.97 Å². The molecule has 1 heterocycles. The lowest BCUT2D eigenvalue weighted by Crippen LogP contribution is -2.49. The highest BCUT2D eigenvalue weighted by atomic mass is 31.1. The molecular weight excluding hydrogens is 281 g/mol. The van der Waals surface area contributed by atoms with Gasteiger partial charge in [0.1, 0.15) is 5.28 Å². The zero-order valence-electron chi connectivity index (χ0n) is 11.7. The first-order chi connectivity index (χ1) is 10.2. The molecule has 4 heteroatoms. The zero-order valence-corrected chi connectivity index (χ0v) is 12.6. The molecule has 2 N–H and O–H groups in total. The van der Waals surface area contributed by atoms with Crippen molar-refractivity contribution in [1.82, 2.24) is 5.32 Å². The van der Waals surface area contributed by atoms with E-state index in [4.69, 9.17) is 0 Å². The fourth-order valence-electron chi connectivity index (χ4n) is 2.94. The molecule has 1 fully saturated rings. The lowest BCUT2D eigenvalue weighted by Gasteiger charge is -2.35. The fourth-order valence-corrected chi connectivity index (χ4v) is 5.90. The maximum Gasteiger partial charge on any atom is 0.329 e.